The largest absolute Gasteiger partial charge is 0.387 e. The maximum absolute atomic E-state index is 12.6. The SMILES string of the molecule is Cl.Cl.O=C(Cc1nccn1Cc1cccc(Cl)c1)Nc1ccc(CCNCC(O)c2ccccc2)cc1. The van der Waals surface area contributed by atoms with Crippen molar-refractivity contribution >= 4 is 48.0 Å². The van der Waals surface area contributed by atoms with Crippen LogP contribution >= 0.6 is 36.4 Å². The van der Waals surface area contributed by atoms with E-state index in [2.05, 4.69) is 15.6 Å². The zero-order valence-corrected chi connectivity index (χ0v) is 22.6. The molecule has 1 heterocycles. The van der Waals surface area contributed by atoms with Crippen LogP contribution in [-0.4, -0.2) is 33.7 Å². The number of rotatable bonds is 11. The summed E-state index contributed by atoms with van der Waals surface area (Å²) in [4.78, 5) is 16.9. The van der Waals surface area contributed by atoms with Crippen LogP contribution in [0.25, 0.3) is 0 Å². The van der Waals surface area contributed by atoms with E-state index < -0.39 is 6.10 Å². The number of carbonyl (C=O) groups is 1. The van der Waals surface area contributed by atoms with Gasteiger partial charge in [-0.05, 0) is 53.9 Å². The second kappa shape index (κ2) is 15.4. The summed E-state index contributed by atoms with van der Waals surface area (Å²) in [5.74, 6) is 0.579. The molecule has 0 spiro atoms. The number of aliphatic hydroxyl groups is 1. The van der Waals surface area contributed by atoms with Crippen LogP contribution in [0, 0.1) is 0 Å². The van der Waals surface area contributed by atoms with Crippen molar-refractivity contribution < 1.29 is 9.90 Å². The normalized spacial score (nSPS) is 11.2. The smallest absolute Gasteiger partial charge is 0.231 e. The predicted octanol–water partition coefficient (Wildman–Crippen LogP) is 5.48. The molecule has 1 atom stereocenters. The first-order valence-electron chi connectivity index (χ1n) is 11.6. The van der Waals surface area contributed by atoms with Gasteiger partial charge < -0.3 is 20.3 Å². The summed E-state index contributed by atoms with van der Waals surface area (Å²) in [7, 11) is 0. The lowest BCUT2D eigenvalue weighted by Gasteiger charge is -2.12. The number of benzene rings is 3. The van der Waals surface area contributed by atoms with Gasteiger partial charge in [0.25, 0.3) is 0 Å². The highest BCUT2D eigenvalue weighted by Gasteiger charge is 2.11. The van der Waals surface area contributed by atoms with Gasteiger partial charge in [-0.1, -0.05) is 66.2 Å². The number of nitrogens with zero attached hydrogens (tertiary/aromatic N) is 2. The van der Waals surface area contributed by atoms with Crippen molar-refractivity contribution in [1.82, 2.24) is 14.9 Å². The summed E-state index contributed by atoms with van der Waals surface area (Å²) < 4.78 is 1.95. The average molecular weight is 562 g/mol. The Bertz CT molecular complexity index is 1230. The third-order valence-electron chi connectivity index (χ3n) is 5.71. The van der Waals surface area contributed by atoms with Crippen LogP contribution in [0.1, 0.15) is 28.6 Å². The van der Waals surface area contributed by atoms with Gasteiger partial charge in [0.05, 0.1) is 12.5 Å². The molecule has 196 valence electrons. The summed E-state index contributed by atoms with van der Waals surface area (Å²) in [5, 5.41) is 17.1. The number of hydrogen-bond acceptors (Lipinski definition) is 4. The topological polar surface area (TPSA) is 79.2 Å². The molecule has 1 unspecified atom stereocenters. The molecule has 0 bridgehead atoms. The van der Waals surface area contributed by atoms with Crippen LogP contribution in [0.15, 0.2) is 91.3 Å². The fraction of sp³-hybridized carbons (Fsp3) is 0.214. The first-order chi connectivity index (χ1) is 17.1. The van der Waals surface area contributed by atoms with Crippen LogP contribution in [0.2, 0.25) is 5.02 Å². The minimum absolute atomic E-state index is 0. The molecular formula is C28H31Cl3N4O2. The van der Waals surface area contributed by atoms with E-state index in [0.717, 1.165) is 35.3 Å². The number of hydrogen-bond donors (Lipinski definition) is 3. The highest BCUT2D eigenvalue weighted by Crippen LogP contribution is 2.15. The molecule has 0 fully saturated rings. The minimum Gasteiger partial charge on any atom is -0.387 e. The van der Waals surface area contributed by atoms with E-state index >= 15 is 0 Å². The second-order valence-electron chi connectivity index (χ2n) is 8.40. The molecule has 0 aliphatic rings. The Labute approximate surface area is 234 Å². The molecule has 3 aromatic carbocycles. The number of halogens is 3. The number of carbonyl (C=O) groups excluding carboxylic acids is 1. The van der Waals surface area contributed by atoms with Crippen molar-refractivity contribution in [2.24, 2.45) is 0 Å². The molecule has 0 aliphatic carbocycles. The monoisotopic (exact) mass is 560 g/mol. The molecular weight excluding hydrogens is 531 g/mol. The lowest BCUT2D eigenvalue weighted by atomic mass is 10.1. The molecule has 0 aliphatic heterocycles. The highest BCUT2D eigenvalue weighted by atomic mass is 35.5. The van der Waals surface area contributed by atoms with Gasteiger partial charge in [-0.15, -0.1) is 24.8 Å². The number of nitrogens with one attached hydrogen (secondary N) is 2. The molecule has 1 aromatic heterocycles. The molecule has 0 saturated carbocycles. The maximum atomic E-state index is 12.6. The Morgan fingerprint density at radius 3 is 2.46 bits per heavy atom. The molecule has 4 rings (SSSR count). The van der Waals surface area contributed by atoms with E-state index in [-0.39, 0.29) is 37.1 Å². The first-order valence-corrected chi connectivity index (χ1v) is 12.0. The van der Waals surface area contributed by atoms with Crippen molar-refractivity contribution in [3.05, 3.63) is 119 Å². The van der Waals surface area contributed by atoms with Crippen LogP contribution in [-0.2, 0) is 24.2 Å². The third-order valence-corrected chi connectivity index (χ3v) is 5.95. The Hall–Kier alpha value is -2.87. The summed E-state index contributed by atoms with van der Waals surface area (Å²) >= 11 is 6.08. The number of imidazole rings is 1. The summed E-state index contributed by atoms with van der Waals surface area (Å²) in [6, 6.07) is 25.1. The fourth-order valence-corrected chi connectivity index (χ4v) is 4.06. The van der Waals surface area contributed by atoms with Crippen molar-refractivity contribution in [3.8, 4) is 0 Å². The predicted molar refractivity (Wildman–Crippen MR) is 154 cm³/mol. The fourth-order valence-electron chi connectivity index (χ4n) is 3.85. The van der Waals surface area contributed by atoms with Gasteiger partial charge in [0, 0.05) is 36.2 Å². The van der Waals surface area contributed by atoms with Crippen molar-refractivity contribution in [2.45, 2.75) is 25.5 Å². The van der Waals surface area contributed by atoms with Gasteiger partial charge in [-0.25, -0.2) is 4.98 Å². The first kappa shape index (κ1) is 30.4. The van der Waals surface area contributed by atoms with Gasteiger partial charge in [0.1, 0.15) is 5.82 Å². The molecule has 1 amide bonds. The van der Waals surface area contributed by atoms with E-state index in [1.54, 1.807) is 6.20 Å². The molecule has 6 nitrogen and oxygen atoms in total. The second-order valence-corrected chi connectivity index (χ2v) is 8.84. The van der Waals surface area contributed by atoms with Crippen LogP contribution in [0.3, 0.4) is 0 Å². The number of aliphatic hydroxyl groups excluding tert-OH is 1. The van der Waals surface area contributed by atoms with Gasteiger partial charge >= 0.3 is 0 Å². The number of aromatic nitrogens is 2. The van der Waals surface area contributed by atoms with E-state index in [1.165, 1.54) is 0 Å². The zero-order chi connectivity index (χ0) is 24.5. The van der Waals surface area contributed by atoms with Crippen molar-refractivity contribution in [1.29, 1.82) is 0 Å². The van der Waals surface area contributed by atoms with E-state index in [9.17, 15) is 9.90 Å². The zero-order valence-electron chi connectivity index (χ0n) is 20.2. The molecule has 4 aromatic rings. The van der Waals surface area contributed by atoms with Gasteiger partial charge in [0.2, 0.25) is 5.91 Å². The minimum atomic E-state index is -0.519. The Balaban J connectivity index is 0.00000241. The third kappa shape index (κ3) is 9.50. The van der Waals surface area contributed by atoms with Gasteiger partial charge in [-0.3, -0.25) is 4.79 Å². The molecule has 3 N–H and O–H groups in total. The van der Waals surface area contributed by atoms with Gasteiger partial charge in [0.15, 0.2) is 0 Å². The standard InChI is InChI=1S/C28H29ClN4O2.2ClH/c29-24-8-4-5-22(17-24)20-33-16-15-31-27(33)18-28(35)32-25-11-9-21(10-12-25)13-14-30-19-26(34)23-6-2-1-3-7-23;;/h1-12,15-17,26,30,34H,13-14,18-20H2,(H,32,35);2*1H. The van der Waals surface area contributed by atoms with Crippen LogP contribution < -0.4 is 10.6 Å². The van der Waals surface area contributed by atoms with Crippen LogP contribution in [0.5, 0.6) is 0 Å². The van der Waals surface area contributed by atoms with Crippen molar-refractivity contribution in [3.63, 3.8) is 0 Å². The number of amides is 1. The van der Waals surface area contributed by atoms with E-state index in [0.29, 0.717) is 23.9 Å². The lowest BCUT2D eigenvalue weighted by Crippen LogP contribution is -2.23. The summed E-state index contributed by atoms with van der Waals surface area (Å²) in [6.07, 6.45) is 4.06. The Morgan fingerprint density at radius 2 is 1.73 bits per heavy atom. The molecule has 0 saturated heterocycles. The van der Waals surface area contributed by atoms with E-state index in [1.807, 2.05) is 89.6 Å². The summed E-state index contributed by atoms with van der Waals surface area (Å²) in [6.45, 7) is 1.87. The molecule has 9 heteroatoms. The Morgan fingerprint density at radius 1 is 0.973 bits per heavy atom. The molecule has 37 heavy (non-hydrogen) atoms. The van der Waals surface area contributed by atoms with Gasteiger partial charge in [-0.2, -0.15) is 0 Å². The average Bonchev–Trinajstić information content (AvgIpc) is 3.29. The molecule has 0 radical (unpaired) electrons. The number of anilines is 1. The maximum Gasteiger partial charge on any atom is 0.231 e. The summed E-state index contributed by atoms with van der Waals surface area (Å²) in [5.41, 5.74) is 3.87. The highest BCUT2D eigenvalue weighted by molar-refractivity contribution is 6.30. The lowest BCUT2D eigenvalue weighted by molar-refractivity contribution is -0.115. The van der Waals surface area contributed by atoms with Crippen molar-refractivity contribution in [2.75, 3.05) is 18.4 Å². The van der Waals surface area contributed by atoms with Crippen LogP contribution in [0.4, 0.5) is 5.69 Å². The van der Waals surface area contributed by atoms with E-state index in [4.69, 9.17) is 11.6 Å². The Kier molecular flexibility index (Phi) is 12.6. The quantitative estimate of drug-likeness (QED) is 0.212.